The second kappa shape index (κ2) is 11.9. The Balaban J connectivity index is 1.31. The number of fused-ring (bicyclic) bond motifs is 1. The smallest absolute Gasteiger partial charge is 0.224 e. The van der Waals surface area contributed by atoms with E-state index in [1.54, 1.807) is 24.3 Å². The van der Waals surface area contributed by atoms with Crippen molar-refractivity contribution in [3.63, 3.8) is 0 Å². The number of nitrogens with one attached hydrogen (secondary N) is 2. The van der Waals surface area contributed by atoms with Crippen LogP contribution in [0.1, 0.15) is 43.0 Å². The lowest BCUT2D eigenvalue weighted by Gasteiger charge is -2.09. The third-order valence-corrected chi connectivity index (χ3v) is 7.18. The number of hydrogen-bond acceptors (Lipinski definition) is 5. The molecule has 5 rings (SSSR count). The summed E-state index contributed by atoms with van der Waals surface area (Å²) in [5.74, 6) is 0.867. The van der Waals surface area contributed by atoms with Crippen LogP contribution in [0.5, 0.6) is 0 Å². The minimum atomic E-state index is -0.0226. The SMILES string of the molecule is CCCCCC(=O)Nc1ccc(C(=O)CSc2nnc(-c3cc4ccccc4[nH]3)n2-c2ccccc2)cc1. The van der Waals surface area contributed by atoms with Crippen LogP contribution in [0, 0.1) is 0 Å². The average Bonchev–Trinajstić information content (AvgIpc) is 3.57. The number of ketones is 1. The molecular formula is C30H29N5O2S. The summed E-state index contributed by atoms with van der Waals surface area (Å²) in [5.41, 5.74) is 4.08. The lowest BCUT2D eigenvalue weighted by atomic mass is 10.1. The topological polar surface area (TPSA) is 92.7 Å². The van der Waals surface area contributed by atoms with E-state index >= 15 is 0 Å². The molecular weight excluding hydrogens is 494 g/mol. The van der Waals surface area contributed by atoms with Crippen molar-refractivity contribution in [2.24, 2.45) is 0 Å². The Labute approximate surface area is 225 Å². The highest BCUT2D eigenvalue weighted by Gasteiger charge is 2.19. The first-order chi connectivity index (χ1) is 18.6. The number of thioether (sulfide) groups is 1. The standard InChI is InChI=1S/C30H29N5O2S/c1-2-3-5-14-28(37)31-23-17-15-21(16-18-23)27(36)20-38-30-34-33-29(35(30)24-11-6-4-7-12-24)26-19-22-10-8-9-13-25(22)32-26/h4,6-13,15-19,32H,2-3,5,14,20H2,1H3,(H,31,37). The van der Waals surface area contributed by atoms with E-state index in [1.165, 1.54) is 11.8 Å². The molecule has 7 nitrogen and oxygen atoms in total. The fourth-order valence-corrected chi connectivity index (χ4v) is 5.10. The van der Waals surface area contributed by atoms with Crippen LogP contribution in [0.25, 0.3) is 28.1 Å². The van der Waals surface area contributed by atoms with E-state index in [4.69, 9.17) is 0 Å². The van der Waals surface area contributed by atoms with E-state index in [9.17, 15) is 9.59 Å². The van der Waals surface area contributed by atoms with Crippen LogP contribution < -0.4 is 5.32 Å². The first-order valence-electron chi connectivity index (χ1n) is 12.8. The third kappa shape index (κ3) is 5.86. The molecule has 38 heavy (non-hydrogen) atoms. The fourth-order valence-electron chi connectivity index (χ4n) is 4.25. The van der Waals surface area contributed by atoms with Gasteiger partial charge in [-0.15, -0.1) is 10.2 Å². The van der Waals surface area contributed by atoms with Gasteiger partial charge in [0.25, 0.3) is 0 Å². The van der Waals surface area contributed by atoms with Crippen molar-refractivity contribution in [3.05, 3.63) is 90.5 Å². The molecule has 0 saturated heterocycles. The Kier molecular flexibility index (Phi) is 7.99. The molecule has 0 saturated carbocycles. The monoisotopic (exact) mass is 523 g/mol. The minimum Gasteiger partial charge on any atom is -0.352 e. The molecule has 0 fully saturated rings. The predicted molar refractivity (Wildman–Crippen MR) is 153 cm³/mol. The van der Waals surface area contributed by atoms with Crippen molar-refractivity contribution in [2.75, 3.05) is 11.1 Å². The number of nitrogens with zero attached hydrogens (tertiary/aromatic N) is 3. The largest absolute Gasteiger partial charge is 0.352 e. The molecule has 0 aliphatic rings. The number of Topliss-reactive ketones (excluding diaryl/α,β-unsaturated/α-hetero) is 1. The second-order valence-electron chi connectivity index (χ2n) is 9.04. The second-order valence-corrected chi connectivity index (χ2v) is 9.98. The molecule has 0 unspecified atom stereocenters. The highest BCUT2D eigenvalue weighted by Crippen LogP contribution is 2.30. The van der Waals surface area contributed by atoms with Crippen LogP contribution in [0.3, 0.4) is 0 Å². The van der Waals surface area contributed by atoms with Crippen LogP contribution in [-0.4, -0.2) is 37.2 Å². The molecule has 0 aliphatic heterocycles. The van der Waals surface area contributed by atoms with E-state index in [0.717, 1.165) is 41.5 Å². The molecule has 0 radical (unpaired) electrons. The van der Waals surface area contributed by atoms with Crippen molar-refractivity contribution >= 4 is 40.0 Å². The molecule has 2 aromatic heterocycles. The van der Waals surface area contributed by atoms with E-state index in [0.29, 0.717) is 28.7 Å². The van der Waals surface area contributed by atoms with Gasteiger partial charge < -0.3 is 10.3 Å². The number of carbonyl (C=O) groups excluding carboxylic acids is 2. The summed E-state index contributed by atoms with van der Waals surface area (Å²) in [4.78, 5) is 28.5. The summed E-state index contributed by atoms with van der Waals surface area (Å²) in [6, 6.07) is 27.1. The number of aromatic nitrogens is 4. The Morgan fingerprint density at radius 2 is 1.68 bits per heavy atom. The lowest BCUT2D eigenvalue weighted by Crippen LogP contribution is -2.11. The van der Waals surface area contributed by atoms with Gasteiger partial charge in [-0.1, -0.05) is 67.9 Å². The molecule has 0 aliphatic carbocycles. The molecule has 3 aromatic carbocycles. The molecule has 0 bridgehead atoms. The van der Waals surface area contributed by atoms with Crippen molar-refractivity contribution in [1.82, 2.24) is 19.7 Å². The van der Waals surface area contributed by atoms with Gasteiger partial charge in [-0.2, -0.15) is 0 Å². The van der Waals surface area contributed by atoms with Gasteiger partial charge in [-0.25, -0.2) is 0 Å². The highest BCUT2D eigenvalue weighted by atomic mass is 32.2. The van der Waals surface area contributed by atoms with Gasteiger partial charge in [-0.3, -0.25) is 14.2 Å². The summed E-state index contributed by atoms with van der Waals surface area (Å²) in [6.07, 6.45) is 3.51. The van der Waals surface area contributed by atoms with Crippen LogP contribution >= 0.6 is 11.8 Å². The maximum Gasteiger partial charge on any atom is 0.224 e. The number of amides is 1. The molecule has 0 spiro atoms. The van der Waals surface area contributed by atoms with Gasteiger partial charge in [0.1, 0.15) is 0 Å². The Hall–Kier alpha value is -4.17. The van der Waals surface area contributed by atoms with E-state index in [1.807, 2.05) is 53.1 Å². The fraction of sp³-hybridized carbons (Fsp3) is 0.200. The van der Waals surface area contributed by atoms with E-state index < -0.39 is 0 Å². The van der Waals surface area contributed by atoms with Gasteiger partial charge >= 0.3 is 0 Å². The minimum absolute atomic E-state index is 0.000835. The van der Waals surface area contributed by atoms with Crippen molar-refractivity contribution in [3.8, 4) is 17.2 Å². The molecule has 2 heterocycles. The average molecular weight is 524 g/mol. The number of unbranched alkanes of at least 4 members (excludes halogenated alkanes) is 2. The summed E-state index contributed by atoms with van der Waals surface area (Å²) >= 11 is 1.35. The number of benzene rings is 3. The van der Waals surface area contributed by atoms with Crippen molar-refractivity contribution < 1.29 is 9.59 Å². The van der Waals surface area contributed by atoms with Crippen molar-refractivity contribution in [1.29, 1.82) is 0 Å². The Bertz CT molecular complexity index is 1510. The van der Waals surface area contributed by atoms with Crippen molar-refractivity contribution in [2.45, 2.75) is 37.8 Å². The maximum absolute atomic E-state index is 13.0. The number of aromatic amines is 1. The van der Waals surface area contributed by atoms with E-state index in [-0.39, 0.29) is 17.4 Å². The molecule has 0 atom stereocenters. The summed E-state index contributed by atoms with van der Waals surface area (Å²) in [6.45, 7) is 2.11. The zero-order valence-electron chi connectivity index (χ0n) is 21.2. The molecule has 2 N–H and O–H groups in total. The number of hydrogen-bond donors (Lipinski definition) is 2. The zero-order valence-corrected chi connectivity index (χ0v) is 22.0. The van der Waals surface area contributed by atoms with Gasteiger partial charge in [0.15, 0.2) is 16.8 Å². The van der Waals surface area contributed by atoms with Gasteiger partial charge in [-0.05, 0) is 55.0 Å². The van der Waals surface area contributed by atoms with Crippen LogP contribution in [0.15, 0.2) is 90.1 Å². The molecule has 8 heteroatoms. The first kappa shape index (κ1) is 25.5. The zero-order chi connectivity index (χ0) is 26.3. The van der Waals surface area contributed by atoms with Gasteiger partial charge in [0, 0.05) is 34.3 Å². The lowest BCUT2D eigenvalue weighted by molar-refractivity contribution is -0.116. The molecule has 5 aromatic rings. The first-order valence-corrected chi connectivity index (χ1v) is 13.8. The quantitative estimate of drug-likeness (QED) is 0.111. The Morgan fingerprint density at radius 3 is 2.45 bits per heavy atom. The van der Waals surface area contributed by atoms with Crippen LogP contribution in [0.4, 0.5) is 5.69 Å². The van der Waals surface area contributed by atoms with Crippen LogP contribution in [0.2, 0.25) is 0 Å². The van der Waals surface area contributed by atoms with Gasteiger partial charge in [0.05, 0.1) is 11.4 Å². The number of H-pyrrole nitrogens is 1. The van der Waals surface area contributed by atoms with E-state index in [2.05, 4.69) is 39.6 Å². The van der Waals surface area contributed by atoms with Gasteiger partial charge in [0.2, 0.25) is 5.91 Å². The number of para-hydroxylation sites is 2. The maximum atomic E-state index is 13.0. The Morgan fingerprint density at radius 1 is 0.921 bits per heavy atom. The number of anilines is 1. The summed E-state index contributed by atoms with van der Waals surface area (Å²) in [5, 5.41) is 13.5. The molecule has 192 valence electrons. The third-order valence-electron chi connectivity index (χ3n) is 6.25. The highest BCUT2D eigenvalue weighted by molar-refractivity contribution is 7.99. The molecule has 1 amide bonds. The van der Waals surface area contributed by atoms with Crippen LogP contribution in [-0.2, 0) is 4.79 Å². The number of rotatable bonds is 11. The summed E-state index contributed by atoms with van der Waals surface area (Å²) in [7, 11) is 0. The summed E-state index contributed by atoms with van der Waals surface area (Å²) < 4.78 is 1.97. The normalized spacial score (nSPS) is 11.1. The predicted octanol–water partition coefficient (Wildman–Crippen LogP) is 6.91. The number of carbonyl (C=O) groups is 2.